The van der Waals surface area contributed by atoms with Crippen LogP contribution in [0.2, 0.25) is 0 Å². The maximum absolute atomic E-state index is 13.3. The van der Waals surface area contributed by atoms with Crippen LogP contribution in [0.4, 0.5) is 11.4 Å². The van der Waals surface area contributed by atoms with Crippen LogP contribution in [0.5, 0.6) is 17.2 Å². The molecule has 0 unspecified atom stereocenters. The average Bonchev–Trinajstić information content (AvgIpc) is 3.70. The number of carbonyl (C=O) groups excluding carboxylic acids is 1. The van der Waals surface area contributed by atoms with E-state index in [0.29, 0.717) is 43.6 Å². The number of nitrogens with zero attached hydrogens (tertiary/aromatic N) is 3. The van der Waals surface area contributed by atoms with Crippen LogP contribution in [0, 0.1) is 0 Å². The zero-order valence-corrected chi connectivity index (χ0v) is 33.0. The highest BCUT2D eigenvalue weighted by Gasteiger charge is 2.20. The number of thiophene rings is 1. The van der Waals surface area contributed by atoms with Crippen molar-refractivity contribution in [1.82, 2.24) is 4.90 Å². The second kappa shape index (κ2) is 24.5. The molecule has 1 saturated heterocycles. The molecular formula is C42H61ClN4O4S. The van der Waals surface area contributed by atoms with Crippen molar-refractivity contribution in [3.05, 3.63) is 70.4 Å². The monoisotopic (exact) mass is 752 g/mol. The van der Waals surface area contributed by atoms with Gasteiger partial charge in [-0.05, 0) is 72.3 Å². The quantitative estimate of drug-likeness (QED) is 0.0433. The second-order valence-electron chi connectivity index (χ2n) is 13.4. The number of aromatic hydroxyl groups is 1. The summed E-state index contributed by atoms with van der Waals surface area (Å²) in [6.07, 6.45) is 20.1. The van der Waals surface area contributed by atoms with E-state index in [1.807, 2.05) is 34.5 Å². The third-order valence-electron chi connectivity index (χ3n) is 9.32. The molecule has 2 aromatic carbocycles. The molecular weight excluding hydrogens is 692 g/mol. The fraction of sp³-hybridized carbons (Fsp3) is 0.524. The number of nitrogens with two attached hydrogens (primary N) is 1. The largest absolute Gasteiger partial charge is 0.502 e. The van der Waals surface area contributed by atoms with Gasteiger partial charge < -0.3 is 30.1 Å². The first-order valence-corrected chi connectivity index (χ1v) is 20.2. The highest BCUT2D eigenvalue weighted by Crippen LogP contribution is 2.38. The minimum atomic E-state index is -0.0347. The predicted octanol–water partition coefficient (Wildman–Crippen LogP) is 10.5. The minimum absolute atomic E-state index is 0. The van der Waals surface area contributed by atoms with Crippen LogP contribution >= 0.6 is 23.7 Å². The number of piperazine rings is 1. The first kappa shape index (κ1) is 42.7. The lowest BCUT2D eigenvalue weighted by Gasteiger charge is -2.35. The Bertz CT molecular complexity index is 1450. The first-order chi connectivity index (χ1) is 25.0. The lowest BCUT2D eigenvalue weighted by molar-refractivity contribution is -0.126. The van der Waals surface area contributed by atoms with Crippen molar-refractivity contribution in [2.45, 2.75) is 104 Å². The molecule has 3 N–H and O–H groups in total. The van der Waals surface area contributed by atoms with Crippen LogP contribution in [0.15, 0.2) is 65.0 Å². The molecule has 4 rings (SSSR count). The van der Waals surface area contributed by atoms with Gasteiger partial charge in [0.15, 0.2) is 11.5 Å². The van der Waals surface area contributed by atoms with Gasteiger partial charge in [-0.3, -0.25) is 4.79 Å². The number of rotatable bonds is 23. The highest BCUT2D eigenvalue weighted by atomic mass is 35.5. The molecule has 8 nitrogen and oxygen atoms in total. The van der Waals surface area contributed by atoms with Gasteiger partial charge >= 0.3 is 0 Å². The SMILES string of the molecule is CCCCCCCCCOc1cc(C=CC(=O)N2CCN(c3ccc(N=C(N)c4cccs4)cc3)CC2)cc(OCCCCCCCCC)c1O.Cl. The van der Waals surface area contributed by atoms with E-state index < -0.39 is 0 Å². The number of carbonyl (C=O) groups is 1. The number of hydrogen-bond acceptors (Lipinski definition) is 7. The second-order valence-corrected chi connectivity index (χ2v) is 14.4. The number of anilines is 1. The number of phenolic OH excluding ortho intramolecular Hbond substituents is 1. The zero-order valence-electron chi connectivity index (χ0n) is 31.4. The number of phenols is 1. The number of unbranched alkanes of at least 4 members (excludes halogenated alkanes) is 12. The van der Waals surface area contributed by atoms with E-state index in [0.717, 1.165) is 60.6 Å². The van der Waals surface area contributed by atoms with E-state index in [1.54, 1.807) is 35.6 Å². The molecule has 10 heteroatoms. The van der Waals surface area contributed by atoms with E-state index >= 15 is 0 Å². The van der Waals surface area contributed by atoms with Gasteiger partial charge in [-0.1, -0.05) is 97.0 Å². The molecule has 286 valence electrons. The van der Waals surface area contributed by atoms with Crippen LogP contribution in [0.25, 0.3) is 6.08 Å². The van der Waals surface area contributed by atoms with Crippen molar-refractivity contribution in [2.75, 3.05) is 44.3 Å². The average molecular weight is 753 g/mol. The summed E-state index contributed by atoms with van der Waals surface area (Å²) in [5.74, 6) is 1.33. The molecule has 0 radical (unpaired) electrons. The van der Waals surface area contributed by atoms with E-state index in [-0.39, 0.29) is 24.1 Å². The van der Waals surface area contributed by atoms with Crippen molar-refractivity contribution in [3.63, 3.8) is 0 Å². The Hall–Kier alpha value is -3.69. The molecule has 1 aliphatic heterocycles. The number of benzene rings is 2. The Morgan fingerprint density at radius 2 is 1.35 bits per heavy atom. The predicted molar refractivity (Wildman–Crippen MR) is 221 cm³/mol. The van der Waals surface area contributed by atoms with Gasteiger partial charge in [0.2, 0.25) is 11.7 Å². The Labute approximate surface area is 322 Å². The van der Waals surface area contributed by atoms with Gasteiger partial charge in [0.05, 0.1) is 23.8 Å². The summed E-state index contributed by atoms with van der Waals surface area (Å²) in [7, 11) is 0. The first-order valence-electron chi connectivity index (χ1n) is 19.3. The zero-order chi connectivity index (χ0) is 36.1. The molecule has 1 fully saturated rings. The molecule has 1 aliphatic rings. The van der Waals surface area contributed by atoms with Crippen molar-refractivity contribution in [2.24, 2.45) is 10.7 Å². The van der Waals surface area contributed by atoms with E-state index in [1.165, 1.54) is 64.2 Å². The van der Waals surface area contributed by atoms with Gasteiger partial charge in [-0.25, -0.2) is 4.99 Å². The summed E-state index contributed by atoms with van der Waals surface area (Å²) in [4.78, 5) is 22.9. The Balaban J connectivity index is 0.00000729. The van der Waals surface area contributed by atoms with E-state index in [4.69, 9.17) is 15.2 Å². The normalized spacial score (nSPS) is 13.4. The molecule has 0 bridgehead atoms. The maximum Gasteiger partial charge on any atom is 0.246 e. The third-order valence-corrected chi connectivity index (χ3v) is 10.2. The van der Waals surface area contributed by atoms with Gasteiger partial charge in [0, 0.05) is 37.9 Å². The topological polar surface area (TPSA) is 101 Å². The van der Waals surface area contributed by atoms with Crippen LogP contribution in [0.1, 0.15) is 114 Å². The van der Waals surface area contributed by atoms with Crippen LogP contribution in [-0.2, 0) is 4.79 Å². The smallest absolute Gasteiger partial charge is 0.246 e. The maximum atomic E-state index is 13.3. The fourth-order valence-corrected chi connectivity index (χ4v) is 6.84. The summed E-state index contributed by atoms with van der Waals surface area (Å²) in [5, 5.41) is 13.0. The number of ether oxygens (including phenoxy) is 2. The lowest BCUT2D eigenvalue weighted by atomic mass is 10.1. The molecule has 0 spiro atoms. The van der Waals surface area contributed by atoms with Crippen LogP contribution in [-0.4, -0.2) is 61.1 Å². The molecule has 52 heavy (non-hydrogen) atoms. The Morgan fingerprint density at radius 1 is 0.808 bits per heavy atom. The molecule has 1 aromatic heterocycles. The molecule has 0 saturated carbocycles. The summed E-state index contributed by atoms with van der Waals surface area (Å²) < 4.78 is 12.1. The van der Waals surface area contributed by atoms with Gasteiger partial charge in [0.1, 0.15) is 5.84 Å². The summed E-state index contributed by atoms with van der Waals surface area (Å²) in [5.41, 5.74) is 8.84. The van der Waals surface area contributed by atoms with Gasteiger partial charge in [-0.2, -0.15) is 0 Å². The van der Waals surface area contributed by atoms with Crippen LogP contribution in [0.3, 0.4) is 0 Å². The number of amides is 1. The highest BCUT2D eigenvalue weighted by molar-refractivity contribution is 7.12. The molecule has 0 aliphatic carbocycles. The van der Waals surface area contributed by atoms with E-state index in [9.17, 15) is 9.90 Å². The van der Waals surface area contributed by atoms with E-state index in [2.05, 4.69) is 35.9 Å². The third kappa shape index (κ3) is 14.7. The number of aliphatic imine (C=N–C) groups is 1. The standard InChI is InChI=1S/C42H60N4O4S.ClH/c1-3-5-7-9-11-13-15-29-49-37-32-34(33-38(41(37)48)50-30-16-14-12-10-8-6-4-2)19-24-40(47)46-27-25-45(26-28-46)36-22-20-35(21-23-36)44-42(43)39-18-17-31-51-39;/h17-24,31-33,48H,3-16,25-30H2,1-2H3,(H2,43,44);1H. The summed E-state index contributed by atoms with van der Waals surface area (Å²) in [6.45, 7) is 8.28. The lowest BCUT2D eigenvalue weighted by Crippen LogP contribution is -2.48. The molecule has 1 amide bonds. The summed E-state index contributed by atoms with van der Waals surface area (Å²) in [6, 6.07) is 15.6. The van der Waals surface area contributed by atoms with Crippen molar-refractivity contribution in [1.29, 1.82) is 0 Å². The molecule has 0 atom stereocenters. The van der Waals surface area contributed by atoms with Crippen molar-refractivity contribution in [3.8, 4) is 17.2 Å². The Kier molecular flexibility index (Phi) is 20.2. The van der Waals surface area contributed by atoms with Crippen LogP contribution < -0.4 is 20.1 Å². The Morgan fingerprint density at radius 3 is 1.87 bits per heavy atom. The fourth-order valence-electron chi connectivity index (χ4n) is 6.22. The van der Waals surface area contributed by atoms with Gasteiger partial charge in [-0.15, -0.1) is 23.7 Å². The minimum Gasteiger partial charge on any atom is -0.502 e. The van der Waals surface area contributed by atoms with Crippen molar-refractivity contribution >= 4 is 52.9 Å². The van der Waals surface area contributed by atoms with Crippen molar-refractivity contribution < 1.29 is 19.4 Å². The molecule has 3 aromatic rings. The number of amidine groups is 1. The number of halogens is 1. The molecule has 2 heterocycles. The van der Waals surface area contributed by atoms with Gasteiger partial charge in [0.25, 0.3) is 0 Å². The summed E-state index contributed by atoms with van der Waals surface area (Å²) >= 11 is 1.57. The number of hydrogen-bond donors (Lipinski definition) is 2.